The number of hydrogen-bond donors (Lipinski definition) is 1. The van der Waals surface area contributed by atoms with Crippen LogP contribution in [0.1, 0.15) is 13.3 Å². The first-order valence-corrected chi connectivity index (χ1v) is 8.02. The van der Waals surface area contributed by atoms with Crippen LogP contribution in [0.5, 0.6) is 0 Å². The smallest absolute Gasteiger partial charge is 0.160 e. The van der Waals surface area contributed by atoms with E-state index in [1.807, 2.05) is 0 Å². The summed E-state index contributed by atoms with van der Waals surface area (Å²) >= 11 is 11.3. The second-order valence-corrected chi connectivity index (χ2v) is 7.06. The number of nitrogens with one attached hydrogen (secondary N) is 1. The van der Waals surface area contributed by atoms with Gasteiger partial charge in [0, 0.05) is 18.0 Å². The molecule has 18 heavy (non-hydrogen) atoms. The molecule has 1 aromatic carbocycles. The maximum atomic E-state index is 13.1. The third-order valence-electron chi connectivity index (χ3n) is 2.38. The second kappa shape index (κ2) is 6.59. The van der Waals surface area contributed by atoms with Gasteiger partial charge >= 0.3 is 0 Å². The average molecular weight is 314 g/mol. The van der Waals surface area contributed by atoms with Crippen LogP contribution in [0.15, 0.2) is 12.1 Å². The molecule has 1 rings (SSSR count). The van der Waals surface area contributed by atoms with Gasteiger partial charge in [0.25, 0.3) is 0 Å². The molecule has 1 N–H and O–H groups in total. The predicted molar refractivity (Wildman–Crippen MR) is 73.9 cm³/mol. The third kappa shape index (κ3) is 4.63. The molecule has 0 saturated carbocycles. The lowest BCUT2D eigenvalue weighted by atomic mass is 10.3. The number of halogens is 3. The van der Waals surface area contributed by atoms with Crippen molar-refractivity contribution in [2.75, 3.05) is 23.4 Å². The molecule has 3 nitrogen and oxygen atoms in total. The average Bonchev–Trinajstić information content (AvgIpc) is 2.31. The topological polar surface area (TPSA) is 46.2 Å². The van der Waals surface area contributed by atoms with Gasteiger partial charge in [0.15, 0.2) is 5.82 Å². The monoisotopic (exact) mass is 313 g/mol. The van der Waals surface area contributed by atoms with Crippen molar-refractivity contribution >= 4 is 38.7 Å². The van der Waals surface area contributed by atoms with Gasteiger partial charge < -0.3 is 5.32 Å². The Kier molecular flexibility index (Phi) is 5.69. The zero-order chi connectivity index (χ0) is 13.8. The van der Waals surface area contributed by atoms with E-state index in [9.17, 15) is 12.8 Å². The maximum Gasteiger partial charge on any atom is 0.160 e. The summed E-state index contributed by atoms with van der Waals surface area (Å²) in [4.78, 5) is 0. The van der Waals surface area contributed by atoms with Crippen LogP contribution >= 0.6 is 23.2 Å². The third-order valence-corrected chi connectivity index (χ3v) is 4.73. The normalized spacial score (nSPS) is 11.6. The zero-order valence-corrected chi connectivity index (χ0v) is 12.2. The van der Waals surface area contributed by atoms with Gasteiger partial charge in [-0.3, -0.25) is 0 Å². The summed E-state index contributed by atoms with van der Waals surface area (Å²) in [6.07, 6.45) is 0.475. The van der Waals surface area contributed by atoms with Crippen LogP contribution in [-0.4, -0.2) is 26.5 Å². The second-order valence-electron chi connectivity index (χ2n) is 3.77. The number of hydrogen-bond acceptors (Lipinski definition) is 3. The first-order valence-electron chi connectivity index (χ1n) is 5.44. The van der Waals surface area contributed by atoms with Crippen molar-refractivity contribution in [1.82, 2.24) is 0 Å². The van der Waals surface area contributed by atoms with E-state index >= 15 is 0 Å². The molecule has 0 unspecified atom stereocenters. The van der Waals surface area contributed by atoms with Crippen molar-refractivity contribution in [3.05, 3.63) is 28.0 Å². The van der Waals surface area contributed by atoms with E-state index in [1.165, 1.54) is 12.1 Å². The van der Waals surface area contributed by atoms with Gasteiger partial charge in [-0.2, -0.15) is 0 Å². The van der Waals surface area contributed by atoms with Crippen LogP contribution < -0.4 is 5.32 Å². The Morgan fingerprint density at radius 2 is 1.83 bits per heavy atom. The number of sulfone groups is 1. The summed E-state index contributed by atoms with van der Waals surface area (Å²) in [5.74, 6) is -0.391. The van der Waals surface area contributed by atoms with E-state index in [1.54, 1.807) is 6.92 Å². The molecule has 0 fully saturated rings. The molecule has 0 radical (unpaired) electrons. The minimum absolute atomic E-state index is 0.0637. The lowest BCUT2D eigenvalue weighted by Crippen LogP contribution is -2.13. The van der Waals surface area contributed by atoms with Crippen LogP contribution in [0, 0.1) is 5.82 Å². The Labute approximate surface area is 116 Å². The first kappa shape index (κ1) is 15.5. The highest BCUT2D eigenvalue weighted by molar-refractivity contribution is 7.91. The quantitative estimate of drug-likeness (QED) is 0.647. The fourth-order valence-electron chi connectivity index (χ4n) is 1.33. The van der Waals surface area contributed by atoms with Crippen molar-refractivity contribution in [3.63, 3.8) is 0 Å². The highest BCUT2D eigenvalue weighted by atomic mass is 35.5. The molecule has 0 aliphatic carbocycles. The van der Waals surface area contributed by atoms with Crippen LogP contribution in [0.4, 0.5) is 10.1 Å². The number of benzene rings is 1. The van der Waals surface area contributed by atoms with Crippen LogP contribution in [0.3, 0.4) is 0 Å². The Morgan fingerprint density at radius 3 is 2.33 bits per heavy atom. The SMILES string of the molecule is CCS(=O)(=O)CCCNc1cc(Cl)c(F)c(Cl)c1. The van der Waals surface area contributed by atoms with Crippen LogP contribution in [0.25, 0.3) is 0 Å². The lowest BCUT2D eigenvalue weighted by molar-refractivity contribution is 0.595. The molecule has 7 heteroatoms. The molecule has 1 aromatic rings. The van der Waals surface area contributed by atoms with Gasteiger partial charge in [0.1, 0.15) is 9.84 Å². The van der Waals surface area contributed by atoms with Crippen molar-refractivity contribution in [1.29, 1.82) is 0 Å². The number of anilines is 1. The van der Waals surface area contributed by atoms with Crippen molar-refractivity contribution < 1.29 is 12.8 Å². The molecule has 102 valence electrons. The van der Waals surface area contributed by atoms with E-state index in [0.29, 0.717) is 18.7 Å². The van der Waals surface area contributed by atoms with E-state index in [4.69, 9.17) is 23.2 Å². The Balaban J connectivity index is 2.50. The van der Waals surface area contributed by atoms with Gasteiger partial charge in [-0.15, -0.1) is 0 Å². The minimum Gasteiger partial charge on any atom is -0.385 e. The molecule has 0 amide bonds. The fourth-order valence-corrected chi connectivity index (χ4v) is 2.69. The fraction of sp³-hybridized carbons (Fsp3) is 0.455. The molecule has 0 aromatic heterocycles. The van der Waals surface area contributed by atoms with Gasteiger partial charge in [0.05, 0.1) is 15.8 Å². The van der Waals surface area contributed by atoms with Crippen molar-refractivity contribution in [3.8, 4) is 0 Å². The van der Waals surface area contributed by atoms with Crippen molar-refractivity contribution in [2.24, 2.45) is 0 Å². The zero-order valence-electron chi connectivity index (χ0n) is 9.84. The standard InChI is InChI=1S/C11H14Cl2FNO2S/c1-2-18(16,17)5-3-4-15-8-6-9(12)11(14)10(13)7-8/h6-7,15H,2-5H2,1H3. The molecule has 0 spiro atoms. The molecule has 0 aliphatic heterocycles. The summed E-state index contributed by atoms with van der Waals surface area (Å²) in [6, 6.07) is 2.83. The Hall–Kier alpha value is -0.520. The van der Waals surface area contributed by atoms with E-state index in [2.05, 4.69) is 5.32 Å². The largest absolute Gasteiger partial charge is 0.385 e. The van der Waals surface area contributed by atoms with Crippen LogP contribution in [-0.2, 0) is 9.84 Å². The van der Waals surface area contributed by atoms with Gasteiger partial charge in [-0.05, 0) is 18.6 Å². The highest BCUT2D eigenvalue weighted by Gasteiger charge is 2.08. The van der Waals surface area contributed by atoms with Crippen molar-refractivity contribution in [2.45, 2.75) is 13.3 Å². The predicted octanol–water partition coefficient (Wildman–Crippen LogP) is 3.37. The first-order chi connectivity index (χ1) is 8.35. The number of rotatable bonds is 6. The summed E-state index contributed by atoms with van der Waals surface area (Å²) in [6.45, 7) is 2.07. The molecule has 0 bridgehead atoms. The van der Waals surface area contributed by atoms with E-state index < -0.39 is 15.7 Å². The maximum absolute atomic E-state index is 13.1. The van der Waals surface area contributed by atoms with Gasteiger partial charge in [-0.1, -0.05) is 30.1 Å². The highest BCUT2D eigenvalue weighted by Crippen LogP contribution is 2.27. The van der Waals surface area contributed by atoms with Crippen LogP contribution in [0.2, 0.25) is 10.0 Å². The molecule has 0 heterocycles. The summed E-state index contributed by atoms with van der Waals surface area (Å²) < 4.78 is 35.6. The molecule has 0 saturated heterocycles. The molecular formula is C11H14Cl2FNO2S. The molecule has 0 aliphatic rings. The lowest BCUT2D eigenvalue weighted by Gasteiger charge is -2.08. The van der Waals surface area contributed by atoms with Gasteiger partial charge in [0.2, 0.25) is 0 Å². The van der Waals surface area contributed by atoms with E-state index in [-0.39, 0.29) is 21.6 Å². The molecule has 0 atom stereocenters. The van der Waals surface area contributed by atoms with E-state index in [0.717, 1.165) is 0 Å². The Bertz CT molecular complexity index is 497. The Morgan fingerprint density at radius 1 is 1.28 bits per heavy atom. The summed E-state index contributed by atoms with van der Waals surface area (Å²) in [5.41, 5.74) is 0.570. The minimum atomic E-state index is -2.95. The molecular weight excluding hydrogens is 300 g/mol. The summed E-state index contributed by atoms with van der Waals surface area (Å²) in [7, 11) is -2.95. The summed E-state index contributed by atoms with van der Waals surface area (Å²) in [5, 5.41) is 2.82. The van der Waals surface area contributed by atoms with Gasteiger partial charge in [-0.25, -0.2) is 12.8 Å².